The lowest BCUT2D eigenvalue weighted by atomic mass is 9.96. The highest BCUT2D eigenvalue weighted by Gasteiger charge is 2.21. The minimum absolute atomic E-state index is 0.195. The van der Waals surface area contributed by atoms with Crippen LogP contribution in [0.25, 0.3) is 0 Å². The van der Waals surface area contributed by atoms with Gasteiger partial charge in [-0.1, -0.05) is 15.9 Å². The summed E-state index contributed by atoms with van der Waals surface area (Å²) in [6.45, 7) is 5.43. The molecule has 0 bridgehead atoms. The van der Waals surface area contributed by atoms with Crippen LogP contribution in [0.1, 0.15) is 35.7 Å². The largest absolute Gasteiger partial charge is 0.494 e. The molecule has 1 fully saturated rings. The molecule has 1 heterocycles. The molecule has 2 amide bonds. The molecule has 2 aromatic carbocycles. The molecule has 184 valence electrons. The monoisotopic (exact) mass is 538 g/mol. The SMILES string of the molecule is CCOc1ccc(Br)cc1CN1CCC(CNC(=O)CNC(=O)c2cc(F)c(F)cc2N)CC1. The third kappa shape index (κ3) is 7.14. The molecule has 7 nitrogen and oxygen atoms in total. The minimum Gasteiger partial charge on any atom is -0.494 e. The van der Waals surface area contributed by atoms with Crippen molar-refractivity contribution < 1.29 is 23.1 Å². The topological polar surface area (TPSA) is 96.7 Å². The summed E-state index contributed by atoms with van der Waals surface area (Å²) < 4.78 is 33.3. The Hall–Kier alpha value is -2.72. The number of nitrogens with zero attached hydrogens (tertiary/aromatic N) is 1. The average Bonchev–Trinajstić information content (AvgIpc) is 2.81. The van der Waals surface area contributed by atoms with E-state index in [2.05, 4.69) is 37.5 Å². The van der Waals surface area contributed by atoms with Gasteiger partial charge in [0, 0.05) is 34.9 Å². The van der Waals surface area contributed by atoms with Gasteiger partial charge >= 0.3 is 0 Å². The fraction of sp³-hybridized carbons (Fsp3) is 0.417. The smallest absolute Gasteiger partial charge is 0.253 e. The molecule has 10 heteroatoms. The molecule has 0 aliphatic carbocycles. The first-order valence-electron chi connectivity index (χ1n) is 11.2. The quantitative estimate of drug-likeness (QED) is 0.425. The average molecular weight is 539 g/mol. The number of nitrogens with one attached hydrogen (secondary N) is 2. The van der Waals surface area contributed by atoms with Crippen LogP contribution in [0.4, 0.5) is 14.5 Å². The molecule has 1 aliphatic heterocycles. The third-order valence-corrected chi connectivity index (χ3v) is 6.25. The number of piperidine rings is 1. The zero-order chi connectivity index (χ0) is 24.7. The van der Waals surface area contributed by atoms with Gasteiger partial charge in [0.15, 0.2) is 11.6 Å². The Balaban J connectivity index is 1.40. The first-order valence-corrected chi connectivity index (χ1v) is 12.0. The van der Waals surface area contributed by atoms with Gasteiger partial charge in [0.1, 0.15) is 5.75 Å². The Labute approximate surface area is 206 Å². The molecular weight excluding hydrogens is 510 g/mol. The van der Waals surface area contributed by atoms with Gasteiger partial charge in [-0.05, 0) is 63.0 Å². The van der Waals surface area contributed by atoms with E-state index in [1.54, 1.807) is 0 Å². The van der Waals surface area contributed by atoms with Gasteiger partial charge in [0.05, 0.1) is 18.7 Å². The van der Waals surface area contributed by atoms with Crippen molar-refractivity contribution >= 4 is 33.4 Å². The van der Waals surface area contributed by atoms with Gasteiger partial charge < -0.3 is 21.1 Å². The molecule has 4 N–H and O–H groups in total. The number of ether oxygens (including phenoxy) is 1. The Bertz CT molecular complexity index is 1030. The molecule has 34 heavy (non-hydrogen) atoms. The number of hydrogen-bond donors (Lipinski definition) is 3. The van der Waals surface area contributed by atoms with Crippen molar-refractivity contribution in [3.05, 3.63) is 57.6 Å². The molecule has 1 aliphatic rings. The lowest BCUT2D eigenvalue weighted by Crippen LogP contribution is -2.41. The van der Waals surface area contributed by atoms with E-state index in [-0.39, 0.29) is 23.7 Å². The van der Waals surface area contributed by atoms with Crippen molar-refractivity contribution in [2.45, 2.75) is 26.3 Å². The highest BCUT2D eigenvalue weighted by atomic mass is 79.9. The number of nitrogens with two attached hydrogens (primary N) is 1. The second kappa shape index (κ2) is 12.1. The second-order valence-electron chi connectivity index (χ2n) is 8.24. The van der Waals surface area contributed by atoms with Crippen molar-refractivity contribution in [1.29, 1.82) is 0 Å². The molecule has 0 aromatic heterocycles. The molecule has 0 saturated carbocycles. The van der Waals surface area contributed by atoms with E-state index in [1.807, 2.05) is 19.1 Å². The summed E-state index contributed by atoms with van der Waals surface area (Å²) in [6, 6.07) is 7.49. The molecular formula is C24H29BrF2N4O3. The van der Waals surface area contributed by atoms with Crippen LogP contribution < -0.4 is 21.1 Å². The Morgan fingerprint density at radius 3 is 2.56 bits per heavy atom. The second-order valence-corrected chi connectivity index (χ2v) is 9.16. The van der Waals surface area contributed by atoms with Crippen LogP contribution in [0.15, 0.2) is 34.8 Å². The highest BCUT2D eigenvalue weighted by Crippen LogP contribution is 2.26. The number of anilines is 1. The molecule has 2 aromatic rings. The lowest BCUT2D eigenvalue weighted by Gasteiger charge is -2.32. The summed E-state index contributed by atoms with van der Waals surface area (Å²) >= 11 is 3.52. The molecule has 0 unspecified atom stereocenters. The number of benzene rings is 2. The van der Waals surface area contributed by atoms with Crippen LogP contribution in [0.5, 0.6) is 5.75 Å². The van der Waals surface area contributed by atoms with E-state index in [0.717, 1.165) is 60.4 Å². The van der Waals surface area contributed by atoms with Gasteiger partial charge in [-0.3, -0.25) is 14.5 Å². The first kappa shape index (κ1) is 25.9. The number of likely N-dealkylation sites (tertiary alicyclic amines) is 1. The van der Waals surface area contributed by atoms with Gasteiger partial charge in [-0.2, -0.15) is 0 Å². The number of halogens is 3. The van der Waals surface area contributed by atoms with E-state index in [4.69, 9.17) is 10.5 Å². The highest BCUT2D eigenvalue weighted by molar-refractivity contribution is 9.10. The van der Waals surface area contributed by atoms with E-state index in [1.165, 1.54) is 0 Å². The Kier molecular flexibility index (Phi) is 9.23. The first-order chi connectivity index (χ1) is 16.3. The Morgan fingerprint density at radius 2 is 1.85 bits per heavy atom. The van der Waals surface area contributed by atoms with Gasteiger partial charge in [-0.25, -0.2) is 8.78 Å². The van der Waals surface area contributed by atoms with Crippen molar-refractivity contribution in [3.63, 3.8) is 0 Å². The summed E-state index contributed by atoms with van der Waals surface area (Å²) in [7, 11) is 0. The standard InChI is InChI=1S/C24H29BrF2N4O3/c1-2-34-22-4-3-17(25)9-16(22)14-31-7-5-15(6-8-31)12-29-23(32)13-30-24(33)18-10-19(26)20(27)11-21(18)28/h3-4,9-11,15H,2,5-8,12-14,28H2,1H3,(H,29,32)(H,30,33). The fourth-order valence-electron chi connectivity index (χ4n) is 3.89. The van der Waals surface area contributed by atoms with Crippen LogP contribution in [-0.4, -0.2) is 49.5 Å². The summed E-state index contributed by atoms with van der Waals surface area (Å²) in [5.74, 6) is -2.17. The molecule has 0 radical (unpaired) electrons. The molecule has 1 saturated heterocycles. The van der Waals surface area contributed by atoms with E-state index in [0.29, 0.717) is 19.1 Å². The number of hydrogen-bond acceptors (Lipinski definition) is 5. The molecule has 3 rings (SSSR count). The van der Waals surface area contributed by atoms with E-state index in [9.17, 15) is 18.4 Å². The number of carbonyl (C=O) groups excluding carboxylic acids is 2. The van der Waals surface area contributed by atoms with Crippen molar-refractivity contribution in [1.82, 2.24) is 15.5 Å². The zero-order valence-corrected chi connectivity index (χ0v) is 20.6. The van der Waals surface area contributed by atoms with Crippen LogP contribution in [0.2, 0.25) is 0 Å². The van der Waals surface area contributed by atoms with Gasteiger partial charge in [0.25, 0.3) is 5.91 Å². The zero-order valence-electron chi connectivity index (χ0n) is 19.0. The van der Waals surface area contributed by atoms with E-state index >= 15 is 0 Å². The summed E-state index contributed by atoms with van der Waals surface area (Å²) in [4.78, 5) is 26.6. The number of carbonyl (C=O) groups is 2. The van der Waals surface area contributed by atoms with Crippen LogP contribution in [0.3, 0.4) is 0 Å². The maximum atomic E-state index is 13.4. The molecule has 0 atom stereocenters. The predicted molar refractivity (Wildman–Crippen MR) is 129 cm³/mol. The van der Waals surface area contributed by atoms with Crippen LogP contribution in [-0.2, 0) is 11.3 Å². The Morgan fingerprint density at radius 1 is 1.15 bits per heavy atom. The summed E-state index contributed by atoms with van der Waals surface area (Å²) in [5, 5.41) is 5.21. The van der Waals surface area contributed by atoms with Crippen LogP contribution in [0, 0.1) is 17.6 Å². The molecule has 0 spiro atoms. The maximum absolute atomic E-state index is 13.4. The third-order valence-electron chi connectivity index (χ3n) is 5.76. The van der Waals surface area contributed by atoms with Crippen molar-refractivity contribution in [2.24, 2.45) is 5.92 Å². The van der Waals surface area contributed by atoms with Gasteiger partial charge in [0.2, 0.25) is 5.91 Å². The number of amides is 2. The summed E-state index contributed by atoms with van der Waals surface area (Å²) in [6.07, 6.45) is 1.88. The van der Waals surface area contributed by atoms with Crippen molar-refractivity contribution in [3.8, 4) is 5.75 Å². The van der Waals surface area contributed by atoms with Crippen molar-refractivity contribution in [2.75, 3.05) is 38.5 Å². The normalized spacial score (nSPS) is 14.6. The number of nitrogen functional groups attached to an aromatic ring is 1. The number of rotatable bonds is 9. The van der Waals surface area contributed by atoms with E-state index < -0.39 is 17.5 Å². The summed E-state index contributed by atoms with van der Waals surface area (Å²) in [5.41, 5.74) is 6.30. The van der Waals surface area contributed by atoms with Gasteiger partial charge in [-0.15, -0.1) is 0 Å². The van der Waals surface area contributed by atoms with Crippen LogP contribution >= 0.6 is 15.9 Å². The maximum Gasteiger partial charge on any atom is 0.253 e. The predicted octanol–water partition coefficient (Wildman–Crippen LogP) is 3.47. The minimum atomic E-state index is -1.18. The fourth-order valence-corrected chi connectivity index (χ4v) is 4.30. The lowest BCUT2D eigenvalue weighted by molar-refractivity contribution is -0.120.